The summed E-state index contributed by atoms with van der Waals surface area (Å²) < 4.78 is 47.6. The number of hydrogen-bond donors (Lipinski definition) is 1. The number of carbonyl (C=O) groups excluding carboxylic acids is 1. The van der Waals surface area contributed by atoms with Gasteiger partial charge in [-0.1, -0.05) is 43.3 Å². The molecule has 0 aliphatic carbocycles. The lowest BCUT2D eigenvalue weighted by atomic mass is 9.62. The maximum atomic E-state index is 12.7. The van der Waals surface area contributed by atoms with E-state index in [2.05, 4.69) is 9.64 Å². The van der Waals surface area contributed by atoms with Crippen LogP contribution in [0.1, 0.15) is 50.8 Å². The van der Waals surface area contributed by atoms with Gasteiger partial charge in [-0.05, 0) is 74.7 Å². The molecule has 1 N–H and O–H groups in total. The fourth-order valence-electron chi connectivity index (χ4n) is 5.50. The average molecular weight is 533 g/mol. The number of alkyl halides is 3. The fraction of sp³-hybridized carbons (Fsp3) is 0.483. The predicted molar refractivity (Wildman–Crippen MR) is 139 cm³/mol. The van der Waals surface area contributed by atoms with Gasteiger partial charge in [0, 0.05) is 31.6 Å². The van der Waals surface area contributed by atoms with E-state index in [1.165, 1.54) is 24.3 Å². The van der Waals surface area contributed by atoms with E-state index in [0.29, 0.717) is 43.7 Å². The Kier molecular flexibility index (Phi) is 7.31. The third kappa shape index (κ3) is 5.83. The smallest absolute Gasteiger partial charge is 0.444 e. The zero-order valence-corrected chi connectivity index (χ0v) is 22.4. The number of benzene rings is 2. The maximum absolute atomic E-state index is 12.7. The first-order valence-electron chi connectivity index (χ1n) is 12.6. The van der Waals surface area contributed by atoms with Crippen molar-refractivity contribution in [1.82, 2.24) is 9.80 Å². The summed E-state index contributed by atoms with van der Waals surface area (Å²) in [6.45, 7) is 9.64. The van der Waals surface area contributed by atoms with E-state index in [4.69, 9.17) is 4.74 Å². The molecule has 1 fully saturated rings. The predicted octanol–water partition coefficient (Wildman–Crippen LogP) is 5.80. The van der Waals surface area contributed by atoms with Gasteiger partial charge in [0.2, 0.25) is 0 Å². The lowest BCUT2D eigenvalue weighted by molar-refractivity contribution is -0.274. The molecule has 1 amide bonds. The molecule has 0 radical (unpaired) electrons. The molecule has 2 aromatic carbocycles. The highest BCUT2D eigenvalue weighted by Crippen LogP contribution is 2.50. The van der Waals surface area contributed by atoms with Crippen molar-refractivity contribution in [1.29, 1.82) is 0 Å². The van der Waals surface area contributed by atoms with E-state index in [1.54, 1.807) is 4.90 Å². The average Bonchev–Trinajstić information content (AvgIpc) is 2.81. The molecule has 1 atom stereocenters. The highest BCUT2D eigenvalue weighted by Gasteiger charge is 2.55. The molecule has 2 aromatic rings. The molecule has 2 aliphatic heterocycles. The number of amides is 1. The summed E-state index contributed by atoms with van der Waals surface area (Å²) in [7, 11) is 1.96. The van der Waals surface area contributed by atoms with Crippen LogP contribution in [-0.4, -0.2) is 66.2 Å². The van der Waals surface area contributed by atoms with Crippen molar-refractivity contribution in [2.45, 2.75) is 51.7 Å². The van der Waals surface area contributed by atoms with Gasteiger partial charge in [-0.2, -0.15) is 0 Å². The van der Waals surface area contributed by atoms with E-state index in [9.17, 15) is 23.1 Å². The normalized spacial score (nSPS) is 19.7. The summed E-state index contributed by atoms with van der Waals surface area (Å²) in [6, 6.07) is 13.1. The standard InChI is InChI=1S/C29H35F3N2O4/c1-26(2,3)38-25(35)34-15-13-20(14-16-34)21-7-6-8-23(17-21)28(36,27(4)18-33(5)19-27)22-9-11-24(12-10-22)37-29(30,31)32/h6-13,17,36H,14-16,18-19H2,1-5H3/t28-/m1/s1. The monoisotopic (exact) mass is 532 g/mol. The Hall–Kier alpha value is -3.04. The molecular weight excluding hydrogens is 497 g/mol. The third-order valence-electron chi connectivity index (χ3n) is 7.13. The quantitative estimate of drug-likeness (QED) is 0.528. The largest absolute Gasteiger partial charge is 0.573 e. The summed E-state index contributed by atoms with van der Waals surface area (Å²) in [5, 5.41) is 12.3. The summed E-state index contributed by atoms with van der Waals surface area (Å²) in [5.41, 5.74) is 0.546. The van der Waals surface area contributed by atoms with Gasteiger partial charge in [-0.3, -0.25) is 0 Å². The highest BCUT2D eigenvalue weighted by molar-refractivity contribution is 5.73. The molecule has 2 aliphatic rings. The van der Waals surface area contributed by atoms with Crippen LogP contribution in [0, 0.1) is 5.41 Å². The number of nitrogens with zero attached hydrogens (tertiary/aromatic N) is 2. The van der Waals surface area contributed by atoms with Gasteiger partial charge in [0.25, 0.3) is 0 Å². The molecule has 2 heterocycles. The Morgan fingerprint density at radius 1 is 1.03 bits per heavy atom. The second-order valence-electron chi connectivity index (χ2n) is 11.5. The van der Waals surface area contributed by atoms with Gasteiger partial charge in [0.15, 0.2) is 0 Å². The van der Waals surface area contributed by atoms with Crippen LogP contribution in [0.25, 0.3) is 5.57 Å². The number of halogens is 3. The lowest BCUT2D eigenvalue weighted by Crippen LogP contribution is -2.63. The minimum absolute atomic E-state index is 0.338. The summed E-state index contributed by atoms with van der Waals surface area (Å²) in [6.07, 6.45) is -2.52. The molecule has 206 valence electrons. The van der Waals surface area contributed by atoms with Crippen LogP contribution in [0.4, 0.5) is 18.0 Å². The Morgan fingerprint density at radius 3 is 2.21 bits per heavy atom. The van der Waals surface area contributed by atoms with Crippen molar-refractivity contribution in [2.24, 2.45) is 5.41 Å². The molecule has 38 heavy (non-hydrogen) atoms. The van der Waals surface area contributed by atoms with Crippen LogP contribution in [0.5, 0.6) is 5.75 Å². The van der Waals surface area contributed by atoms with Crippen molar-refractivity contribution < 1.29 is 32.5 Å². The number of hydrogen-bond acceptors (Lipinski definition) is 5. The van der Waals surface area contributed by atoms with E-state index < -0.39 is 23.0 Å². The number of carbonyl (C=O) groups is 1. The number of rotatable bonds is 5. The molecule has 0 saturated carbocycles. The van der Waals surface area contributed by atoms with Crippen LogP contribution in [-0.2, 0) is 10.3 Å². The molecule has 4 rings (SSSR count). The number of ether oxygens (including phenoxy) is 2. The van der Waals surface area contributed by atoms with Gasteiger partial charge in [-0.25, -0.2) is 4.79 Å². The molecular formula is C29H35F3N2O4. The van der Waals surface area contributed by atoms with Gasteiger partial charge in [0.1, 0.15) is 17.0 Å². The van der Waals surface area contributed by atoms with E-state index in [1.807, 2.05) is 65.1 Å². The van der Waals surface area contributed by atoms with E-state index in [-0.39, 0.29) is 11.8 Å². The van der Waals surface area contributed by atoms with Gasteiger partial charge >= 0.3 is 12.5 Å². The summed E-state index contributed by atoms with van der Waals surface area (Å²) >= 11 is 0. The fourth-order valence-corrected chi connectivity index (χ4v) is 5.50. The van der Waals surface area contributed by atoms with Crippen LogP contribution in [0.3, 0.4) is 0 Å². The molecule has 6 nitrogen and oxygen atoms in total. The van der Waals surface area contributed by atoms with E-state index >= 15 is 0 Å². The van der Waals surface area contributed by atoms with Crippen LogP contribution >= 0.6 is 0 Å². The molecule has 0 spiro atoms. The number of likely N-dealkylation sites (tertiary alicyclic amines) is 1. The second kappa shape index (κ2) is 9.93. The van der Waals surface area contributed by atoms with Crippen LogP contribution in [0.15, 0.2) is 54.6 Å². The van der Waals surface area contributed by atoms with Crippen molar-refractivity contribution in [3.8, 4) is 5.75 Å². The van der Waals surface area contributed by atoms with Crippen molar-refractivity contribution in [2.75, 3.05) is 33.2 Å². The minimum Gasteiger partial charge on any atom is -0.444 e. The third-order valence-corrected chi connectivity index (χ3v) is 7.13. The second-order valence-corrected chi connectivity index (χ2v) is 11.5. The topological polar surface area (TPSA) is 62.2 Å². The van der Waals surface area contributed by atoms with Gasteiger partial charge < -0.3 is 24.4 Å². The van der Waals surface area contributed by atoms with Gasteiger partial charge in [0.05, 0.1) is 0 Å². The molecule has 0 aromatic heterocycles. The van der Waals surface area contributed by atoms with Crippen molar-refractivity contribution >= 4 is 11.7 Å². The SMILES string of the molecule is CN1CC(C)([C@@](O)(c2ccc(OC(F)(F)F)cc2)c2cccc(C3=CCN(C(=O)OC(C)(C)C)CC3)c2)C1. The molecule has 9 heteroatoms. The zero-order chi connectivity index (χ0) is 27.9. The Bertz CT molecular complexity index is 1200. The van der Waals surface area contributed by atoms with Crippen molar-refractivity contribution in [3.05, 3.63) is 71.3 Å². The van der Waals surface area contributed by atoms with Crippen LogP contribution in [0.2, 0.25) is 0 Å². The Balaban J connectivity index is 1.64. The molecule has 0 unspecified atom stereocenters. The van der Waals surface area contributed by atoms with Gasteiger partial charge in [-0.15, -0.1) is 13.2 Å². The summed E-state index contributed by atoms with van der Waals surface area (Å²) in [4.78, 5) is 16.2. The van der Waals surface area contributed by atoms with Crippen molar-refractivity contribution in [3.63, 3.8) is 0 Å². The zero-order valence-electron chi connectivity index (χ0n) is 22.4. The first-order valence-corrected chi connectivity index (χ1v) is 12.6. The molecule has 1 saturated heterocycles. The van der Waals surface area contributed by atoms with E-state index in [0.717, 1.165) is 11.1 Å². The number of aliphatic hydroxyl groups is 1. The first kappa shape index (κ1) is 28.0. The first-order chi connectivity index (χ1) is 17.6. The summed E-state index contributed by atoms with van der Waals surface area (Å²) in [5.74, 6) is -0.338. The minimum atomic E-state index is -4.79. The highest BCUT2D eigenvalue weighted by atomic mass is 19.4. The lowest BCUT2D eigenvalue weighted by Gasteiger charge is -2.56. The Morgan fingerprint density at radius 2 is 1.68 bits per heavy atom. The Labute approximate surface area is 221 Å². The molecule has 0 bridgehead atoms. The van der Waals surface area contributed by atoms with Crippen LogP contribution < -0.4 is 4.74 Å². The maximum Gasteiger partial charge on any atom is 0.573 e.